The van der Waals surface area contributed by atoms with Crippen LogP contribution in [0.2, 0.25) is 0 Å². The fourth-order valence-electron chi connectivity index (χ4n) is 8.16. The second-order valence-electron chi connectivity index (χ2n) is 14.5. The quantitative estimate of drug-likeness (QED) is 0.174. The number of aliphatic carboxylic acids is 1. The second kappa shape index (κ2) is 15.6. The molecule has 0 bridgehead atoms. The monoisotopic (exact) mass is 646 g/mol. The van der Waals surface area contributed by atoms with Gasteiger partial charge in [-0.3, -0.25) is 4.79 Å². The highest BCUT2D eigenvalue weighted by Crippen LogP contribution is 2.41. The average molecular weight is 647 g/mol. The number of hydrogen-bond acceptors (Lipinski definition) is 7. The van der Waals surface area contributed by atoms with Gasteiger partial charge in [0.1, 0.15) is 11.6 Å². The molecule has 3 aliphatic rings. The molecule has 1 aliphatic heterocycles. The van der Waals surface area contributed by atoms with Crippen molar-refractivity contribution in [1.82, 2.24) is 20.2 Å². The molecule has 256 valence electrons. The molecule has 4 atom stereocenters. The summed E-state index contributed by atoms with van der Waals surface area (Å²) in [6.45, 7) is 13.9. The normalized spacial score (nSPS) is 26.5. The van der Waals surface area contributed by atoms with Crippen molar-refractivity contribution in [2.75, 3.05) is 37.3 Å². The molecule has 5 rings (SSSR count). The summed E-state index contributed by atoms with van der Waals surface area (Å²) in [7, 11) is 1.91. The first kappa shape index (κ1) is 34.9. The lowest BCUT2D eigenvalue weighted by Crippen LogP contribution is -2.43. The fourth-order valence-corrected chi connectivity index (χ4v) is 8.16. The topological polar surface area (TPSA) is 102 Å². The van der Waals surface area contributed by atoms with Gasteiger partial charge in [-0.05, 0) is 111 Å². The molecule has 9 heteroatoms. The van der Waals surface area contributed by atoms with E-state index in [1.54, 1.807) is 12.1 Å². The molecule has 0 unspecified atom stereocenters. The summed E-state index contributed by atoms with van der Waals surface area (Å²) in [6, 6.07) is 7.13. The summed E-state index contributed by atoms with van der Waals surface area (Å²) in [5.41, 5.74) is 3.94. The molecule has 8 nitrogen and oxygen atoms in total. The van der Waals surface area contributed by atoms with E-state index in [0.29, 0.717) is 37.0 Å². The van der Waals surface area contributed by atoms with Crippen molar-refractivity contribution in [2.45, 2.75) is 102 Å². The van der Waals surface area contributed by atoms with Crippen molar-refractivity contribution < 1.29 is 14.3 Å². The van der Waals surface area contributed by atoms with Crippen molar-refractivity contribution in [1.29, 1.82) is 0 Å². The fraction of sp³-hybridized carbons (Fsp3) is 0.605. The number of likely N-dealkylation sites (tertiary alicyclic amines) is 1. The highest BCUT2D eigenvalue weighted by Gasteiger charge is 2.36. The van der Waals surface area contributed by atoms with Crippen LogP contribution in [0.5, 0.6) is 0 Å². The first-order valence-corrected chi connectivity index (χ1v) is 17.8. The van der Waals surface area contributed by atoms with E-state index >= 15 is 0 Å². The molecule has 2 fully saturated rings. The molecule has 2 heterocycles. The Bertz CT molecular complexity index is 1420. The van der Waals surface area contributed by atoms with Crippen LogP contribution in [0, 0.1) is 23.6 Å². The number of hydrogen-bond donors (Lipinski definition) is 4. The number of carbonyl (C=O) groups is 1. The molecule has 1 aromatic heterocycles. The van der Waals surface area contributed by atoms with E-state index in [4.69, 9.17) is 9.97 Å². The van der Waals surface area contributed by atoms with Gasteiger partial charge in [-0.25, -0.2) is 9.37 Å². The summed E-state index contributed by atoms with van der Waals surface area (Å²) in [5, 5.41) is 20.3. The zero-order valence-corrected chi connectivity index (χ0v) is 28.8. The number of benzene rings is 1. The third kappa shape index (κ3) is 8.53. The zero-order chi connectivity index (χ0) is 33.6. The van der Waals surface area contributed by atoms with Crippen LogP contribution in [0.15, 0.2) is 48.7 Å². The van der Waals surface area contributed by atoms with Crippen LogP contribution >= 0.6 is 0 Å². The van der Waals surface area contributed by atoms with Gasteiger partial charge in [0.15, 0.2) is 0 Å². The van der Waals surface area contributed by atoms with Crippen LogP contribution in [0.25, 0.3) is 0 Å². The number of piperidine rings is 1. The van der Waals surface area contributed by atoms with Gasteiger partial charge in [0.25, 0.3) is 0 Å². The largest absolute Gasteiger partial charge is 0.481 e. The molecular formula is C38H55FN6O2. The Morgan fingerprint density at radius 1 is 1.21 bits per heavy atom. The predicted molar refractivity (Wildman–Crippen MR) is 188 cm³/mol. The van der Waals surface area contributed by atoms with Crippen LogP contribution in [0.4, 0.5) is 16.2 Å². The molecule has 1 saturated heterocycles. The third-order valence-electron chi connectivity index (χ3n) is 11.0. The van der Waals surface area contributed by atoms with Crippen LogP contribution in [0.1, 0.15) is 89.0 Å². The first-order chi connectivity index (χ1) is 22.6. The van der Waals surface area contributed by atoms with E-state index < -0.39 is 5.97 Å². The molecule has 1 saturated carbocycles. The Morgan fingerprint density at radius 3 is 2.66 bits per heavy atom. The maximum atomic E-state index is 14.4. The number of nitrogens with zero attached hydrogens (tertiary/aromatic N) is 3. The maximum Gasteiger partial charge on any atom is 0.306 e. The first-order valence-electron chi connectivity index (χ1n) is 17.8. The number of nitrogens with one attached hydrogen (secondary N) is 3. The van der Waals surface area contributed by atoms with Gasteiger partial charge in [0.2, 0.25) is 5.95 Å². The Balaban J connectivity index is 1.49. The minimum absolute atomic E-state index is 0.0484. The highest BCUT2D eigenvalue weighted by molar-refractivity contribution is 5.70. The van der Waals surface area contributed by atoms with Crippen LogP contribution < -0.4 is 16.0 Å². The lowest BCUT2D eigenvalue weighted by molar-refractivity contribution is -0.143. The lowest BCUT2D eigenvalue weighted by Gasteiger charge is -2.38. The standard InChI is InChI=1S/C38H55FN6O2/c1-6-26(22-40-5)34(24-45-19-9-10-25(3)23-45)41-35-31-21-38(4,29-11-8-12-30(39)20-29)18-17-33(31)43-37(44-35)42-32(7-2)27-13-15-28(16-14-27)36(46)47/h6,8,11-12,20,22,25,27-28,32,34,40H,1,7,9-10,13-19,21,23-24H2,2-5H3,(H,46,47)(H2,41,42,43,44)/b26-22+/t25-,27?,28?,32+,34-,38+/m0/s1. The van der Waals surface area contributed by atoms with Crippen molar-refractivity contribution in [3.63, 3.8) is 0 Å². The number of fused-ring (bicyclic) bond motifs is 1. The van der Waals surface area contributed by atoms with Gasteiger partial charge < -0.3 is 26.0 Å². The third-order valence-corrected chi connectivity index (χ3v) is 11.0. The Hall–Kier alpha value is -3.46. The summed E-state index contributed by atoms with van der Waals surface area (Å²) in [4.78, 5) is 24.5. The average Bonchev–Trinajstić information content (AvgIpc) is 3.06. The van der Waals surface area contributed by atoms with E-state index in [0.717, 1.165) is 80.0 Å². The van der Waals surface area contributed by atoms with E-state index in [2.05, 4.69) is 48.2 Å². The number of aromatic nitrogens is 2. The minimum Gasteiger partial charge on any atom is -0.481 e. The number of carboxylic acids is 1. The van der Waals surface area contributed by atoms with Crippen molar-refractivity contribution in [3.05, 3.63) is 71.3 Å². The van der Waals surface area contributed by atoms with Gasteiger partial charge in [0, 0.05) is 37.9 Å². The van der Waals surface area contributed by atoms with Gasteiger partial charge in [-0.2, -0.15) is 4.98 Å². The van der Waals surface area contributed by atoms with E-state index in [1.807, 2.05) is 25.4 Å². The number of halogens is 1. The van der Waals surface area contributed by atoms with Crippen LogP contribution in [0.3, 0.4) is 0 Å². The van der Waals surface area contributed by atoms with Gasteiger partial charge in [-0.15, -0.1) is 0 Å². The van der Waals surface area contributed by atoms with E-state index in [1.165, 1.54) is 18.9 Å². The summed E-state index contributed by atoms with van der Waals surface area (Å²) in [5.74, 6) is 1.35. The summed E-state index contributed by atoms with van der Waals surface area (Å²) < 4.78 is 14.4. The number of rotatable bonds is 13. The maximum absolute atomic E-state index is 14.4. The van der Waals surface area contributed by atoms with Crippen molar-refractivity contribution in [2.24, 2.45) is 17.8 Å². The van der Waals surface area contributed by atoms with E-state index in [-0.39, 0.29) is 29.2 Å². The number of aryl methyl sites for hydroxylation is 1. The zero-order valence-electron chi connectivity index (χ0n) is 28.8. The summed E-state index contributed by atoms with van der Waals surface area (Å²) in [6.07, 6.45) is 12.8. The van der Waals surface area contributed by atoms with Crippen molar-refractivity contribution in [3.8, 4) is 0 Å². The molecule has 2 aromatic rings. The van der Waals surface area contributed by atoms with E-state index in [9.17, 15) is 14.3 Å². The van der Waals surface area contributed by atoms with Gasteiger partial charge in [0.05, 0.1) is 17.7 Å². The van der Waals surface area contributed by atoms with Crippen LogP contribution in [-0.4, -0.2) is 64.7 Å². The highest BCUT2D eigenvalue weighted by atomic mass is 19.1. The van der Waals surface area contributed by atoms with Crippen molar-refractivity contribution >= 4 is 17.7 Å². The number of anilines is 2. The van der Waals surface area contributed by atoms with Crippen LogP contribution in [-0.2, 0) is 23.1 Å². The lowest BCUT2D eigenvalue weighted by atomic mass is 9.70. The second-order valence-corrected chi connectivity index (χ2v) is 14.5. The Morgan fingerprint density at radius 2 is 2.00 bits per heavy atom. The number of carboxylic acid groups (broad SMARTS) is 1. The Labute approximate surface area is 280 Å². The molecule has 4 N–H and O–H groups in total. The molecule has 0 radical (unpaired) electrons. The SMILES string of the molecule is C=C/C(=C\NC)[C@H](CN1CCC[C@H](C)C1)Nc1nc(N[C@H](CC)C2CCC(C(=O)O)CC2)nc2c1C[C@](C)(c1cccc(F)c1)CC2. The minimum atomic E-state index is -0.678. The summed E-state index contributed by atoms with van der Waals surface area (Å²) >= 11 is 0. The Kier molecular flexibility index (Phi) is 11.6. The smallest absolute Gasteiger partial charge is 0.306 e. The predicted octanol–water partition coefficient (Wildman–Crippen LogP) is 6.95. The van der Waals surface area contributed by atoms with Gasteiger partial charge >= 0.3 is 5.97 Å². The van der Waals surface area contributed by atoms with Gasteiger partial charge in [-0.1, -0.05) is 45.6 Å². The molecule has 0 spiro atoms. The molecule has 1 aromatic carbocycles. The molecule has 47 heavy (non-hydrogen) atoms. The molecular weight excluding hydrogens is 591 g/mol. The molecule has 0 amide bonds. The molecule has 2 aliphatic carbocycles.